The Kier molecular flexibility index (Phi) is 4.24. The molecule has 0 bridgehead atoms. The van der Waals surface area contributed by atoms with Crippen LogP contribution in [0.3, 0.4) is 0 Å². The minimum absolute atomic E-state index is 0.189. The Bertz CT molecular complexity index is 598. The van der Waals surface area contributed by atoms with Gasteiger partial charge < -0.3 is 5.32 Å². The molecule has 0 aromatic heterocycles. The van der Waals surface area contributed by atoms with Crippen molar-refractivity contribution in [1.82, 2.24) is 0 Å². The molecule has 2 nitrogen and oxygen atoms in total. The third-order valence-electron chi connectivity index (χ3n) is 2.45. The number of carbonyl (C=O) groups excluding carboxylic acids is 1. The second-order valence-corrected chi connectivity index (χ2v) is 5.60. The van der Waals surface area contributed by atoms with E-state index >= 15 is 0 Å². The Morgan fingerprint density at radius 2 is 2.00 bits per heavy atom. The lowest BCUT2D eigenvalue weighted by molar-refractivity contribution is 0.102. The first-order valence-corrected chi connectivity index (χ1v) is 6.85. The Labute approximate surface area is 124 Å². The van der Waals surface area contributed by atoms with Crippen LogP contribution in [-0.2, 0) is 0 Å². The highest BCUT2D eigenvalue weighted by Crippen LogP contribution is 2.19. The molecule has 1 N–H and O–H groups in total. The summed E-state index contributed by atoms with van der Waals surface area (Å²) in [5, 5.41) is 3.30. The fourth-order valence-corrected chi connectivity index (χ4v) is 2.32. The highest BCUT2D eigenvalue weighted by Gasteiger charge is 2.10. The van der Waals surface area contributed by atoms with Crippen LogP contribution in [0, 0.1) is 10.5 Å². The minimum atomic E-state index is -0.189. The van der Waals surface area contributed by atoms with E-state index in [-0.39, 0.29) is 5.91 Å². The zero-order valence-corrected chi connectivity index (χ0v) is 12.6. The molecule has 0 radical (unpaired) electrons. The fraction of sp³-hybridized carbons (Fsp3) is 0.0714. The van der Waals surface area contributed by atoms with Crippen molar-refractivity contribution in [3.8, 4) is 0 Å². The summed E-state index contributed by atoms with van der Waals surface area (Å²) in [5.41, 5.74) is 2.27. The Hall–Kier alpha value is -1.07. The van der Waals surface area contributed by atoms with Gasteiger partial charge in [-0.2, -0.15) is 0 Å². The number of halogens is 2. The molecule has 2 aromatic rings. The Morgan fingerprint density at radius 1 is 1.22 bits per heavy atom. The molecular weight excluding hydrogens is 361 g/mol. The average molecular weight is 372 g/mol. The highest BCUT2D eigenvalue weighted by molar-refractivity contribution is 14.1. The number of rotatable bonds is 2. The van der Waals surface area contributed by atoms with Crippen LogP contribution in [0.15, 0.2) is 42.5 Å². The van der Waals surface area contributed by atoms with E-state index in [4.69, 9.17) is 11.6 Å². The van der Waals surface area contributed by atoms with Gasteiger partial charge in [0.05, 0.1) is 10.6 Å². The van der Waals surface area contributed by atoms with Crippen molar-refractivity contribution in [2.45, 2.75) is 6.92 Å². The summed E-state index contributed by atoms with van der Waals surface area (Å²) in [5.74, 6) is -0.189. The van der Waals surface area contributed by atoms with Gasteiger partial charge in [-0.3, -0.25) is 4.79 Å². The SMILES string of the molecule is Cc1ccc(Cl)c(C(=O)Nc2cccc(I)c2)c1. The van der Waals surface area contributed by atoms with E-state index < -0.39 is 0 Å². The monoisotopic (exact) mass is 371 g/mol. The normalized spacial score (nSPS) is 10.2. The third kappa shape index (κ3) is 3.23. The van der Waals surface area contributed by atoms with Gasteiger partial charge in [0.25, 0.3) is 5.91 Å². The molecule has 0 fully saturated rings. The van der Waals surface area contributed by atoms with Crippen LogP contribution in [0.25, 0.3) is 0 Å². The number of aryl methyl sites for hydroxylation is 1. The van der Waals surface area contributed by atoms with Gasteiger partial charge >= 0.3 is 0 Å². The summed E-state index contributed by atoms with van der Waals surface area (Å²) >= 11 is 8.23. The zero-order valence-electron chi connectivity index (χ0n) is 9.71. The van der Waals surface area contributed by atoms with E-state index in [1.54, 1.807) is 12.1 Å². The molecule has 0 unspecified atom stereocenters. The van der Waals surface area contributed by atoms with Crippen molar-refractivity contribution in [2.24, 2.45) is 0 Å². The first kappa shape index (κ1) is 13.4. The number of nitrogens with one attached hydrogen (secondary N) is 1. The molecule has 2 aromatic carbocycles. The summed E-state index contributed by atoms with van der Waals surface area (Å²) in [6, 6.07) is 13.0. The first-order valence-electron chi connectivity index (χ1n) is 5.39. The second kappa shape index (κ2) is 5.71. The van der Waals surface area contributed by atoms with Crippen LogP contribution in [-0.4, -0.2) is 5.91 Å². The molecule has 0 aliphatic heterocycles. The number of anilines is 1. The van der Waals surface area contributed by atoms with Gasteiger partial charge in [0.1, 0.15) is 0 Å². The van der Waals surface area contributed by atoms with Gasteiger partial charge in [-0.1, -0.05) is 29.3 Å². The summed E-state index contributed by atoms with van der Waals surface area (Å²) in [7, 11) is 0. The van der Waals surface area contributed by atoms with Crippen LogP contribution >= 0.6 is 34.2 Å². The fourth-order valence-electron chi connectivity index (χ4n) is 1.58. The minimum Gasteiger partial charge on any atom is -0.322 e. The maximum atomic E-state index is 12.1. The first-order chi connectivity index (χ1) is 8.56. The third-order valence-corrected chi connectivity index (χ3v) is 3.45. The Balaban J connectivity index is 2.24. The van der Waals surface area contributed by atoms with E-state index in [2.05, 4.69) is 27.9 Å². The predicted octanol–water partition coefficient (Wildman–Crippen LogP) is 4.51. The zero-order chi connectivity index (χ0) is 13.1. The van der Waals surface area contributed by atoms with Crippen molar-refractivity contribution >= 4 is 45.8 Å². The standard InChI is InChI=1S/C14H11ClINO/c1-9-5-6-13(15)12(7-9)14(18)17-11-4-2-3-10(16)8-11/h2-8H,1H3,(H,17,18). The van der Waals surface area contributed by atoms with Gasteiger partial charge in [0, 0.05) is 9.26 Å². The molecule has 0 aliphatic carbocycles. The quantitative estimate of drug-likeness (QED) is 0.774. The molecule has 18 heavy (non-hydrogen) atoms. The second-order valence-electron chi connectivity index (χ2n) is 3.95. The molecule has 0 atom stereocenters. The van der Waals surface area contributed by atoms with Crippen LogP contribution in [0.5, 0.6) is 0 Å². The Morgan fingerprint density at radius 3 is 2.72 bits per heavy atom. The van der Waals surface area contributed by atoms with Gasteiger partial charge in [-0.05, 0) is 59.8 Å². The number of benzene rings is 2. The maximum absolute atomic E-state index is 12.1. The highest BCUT2D eigenvalue weighted by atomic mass is 127. The lowest BCUT2D eigenvalue weighted by Crippen LogP contribution is -2.12. The number of carbonyl (C=O) groups is 1. The summed E-state index contributed by atoms with van der Waals surface area (Å²) in [6.45, 7) is 1.93. The van der Waals surface area contributed by atoms with E-state index in [1.807, 2.05) is 37.3 Å². The number of hydrogen-bond acceptors (Lipinski definition) is 1. The van der Waals surface area contributed by atoms with E-state index in [1.165, 1.54) is 0 Å². The lowest BCUT2D eigenvalue weighted by Gasteiger charge is -2.07. The topological polar surface area (TPSA) is 29.1 Å². The predicted molar refractivity (Wildman–Crippen MR) is 83.3 cm³/mol. The van der Waals surface area contributed by atoms with Gasteiger partial charge in [0.2, 0.25) is 0 Å². The van der Waals surface area contributed by atoms with Crippen LogP contribution < -0.4 is 5.32 Å². The van der Waals surface area contributed by atoms with Gasteiger partial charge in [-0.25, -0.2) is 0 Å². The van der Waals surface area contributed by atoms with Crippen LogP contribution in [0.1, 0.15) is 15.9 Å². The largest absolute Gasteiger partial charge is 0.322 e. The smallest absolute Gasteiger partial charge is 0.257 e. The summed E-state index contributed by atoms with van der Waals surface area (Å²) < 4.78 is 1.07. The van der Waals surface area contributed by atoms with E-state index in [0.29, 0.717) is 10.6 Å². The van der Waals surface area contributed by atoms with Gasteiger partial charge in [-0.15, -0.1) is 0 Å². The molecular formula is C14H11ClINO. The van der Waals surface area contributed by atoms with Crippen molar-refractivity contribution < 1.29 is 4.79 Å². The van der Waals surface area contributed by atoms with Crippen molar-refractivity contribution in [3.05, 3.63) is 62.2 Å². The molecule has 0 spiro atoms. The van der Waals surface area contributed by atoms with Crippen LogP contribution in [0.4, 0.5) is 5.69 Å². The molecule has 4 heteroatoms. The van der Waals surface area contributed by atoms with Crippen molar-refractivity contribution in [3.63, 3.8) is 0 Å². The van der Waals surface area contributed by atoms with E-state index in [0.717, 1.165) is 14.8 Å². The van der Waals surface area contributed by atoms with E-state index in [9.17, 15) is 4.79 Å². The van der Waals surface area contributed by atoms with Crippen molar-refractivity contribution in [2.75, 3.05) is 5.32 Å². The van der Waals surface area contributed by atoms with Gasteiger partial charge in [0.15, 0.2) is 0 Å². The molecule has 0 heterocycles. The summed E-state index contributed by atoms with van der Waals surface area (Å²) in [6.07, 6.45) is 0. The van der Waals surface area contributed by atoms with Crippen LogP contribution in [0.2, 0.25) is 5.02 Å². The molecule has 92 valence electrons. The lowest BCUT2D eigenvalue weighted by atomic mass is 10.1. The molecule has 0 aliphatic rings. The average Bonchev–Trinajstić information content (AvgIpc) is 2.32. The molecule has 1 amide bonds. The number of hydrogen-bond donors (Lipinski definition) is 1. The van der Waals surface area contributed by atoms with Crippen molar-refractivity contribution in [1.29, 1.82) is 0 Å². The maximum Gasteiger partial charge on any atom is 0.257 e. The molecule has 0 saturated carbocycles. The molecule has 2 rings (SSSR count). The molecule has 0 saturated heterocycles. The number of amides is 1. The summed E-state index contributed by atoms with van der Waals surface area (Å²) in [4.78, 5) is 12.1.